The molecule has 1 fully saturated rings. The van der Waals surface area contributed by atoms with Crippen molar-refractivity contribution in [1.29, 1.82) is 0 Å². The largest absolute Gasteiger partial charge is 0.352 e. The fourth-order valence-corrected chi connectivity index (χ4v) is 3.15. The second-order valence-corrected chi connectivity index (χ2v) is 7.87. The number of nitrogens with two attached hydrogens (primary N) is 1. The van der Waals surface area contributed by atoms with Gasteiger partial charge in [-0.1, -0.05) is 27.7 Å². The number of likely N-dealkylation sites (tertiary alicyclic amines) is 1. The Balaban J connectivity index is 0.00000576. The van der Waals surface area contributed by atoms with Crippen LogP contribution in [0.25, 0.3) is 0 Å². The third kappa shape index (κ3) is 9.90. The summed E-state index contributed by atoms with van der Waals surface area (Å²) >= 11 is 0. The molecule has 1 aliphatic rings. The van der Waals surface area contributed by atoms with E-state index in [1.807, 2.05) is 4.90 Å². The Hall–Kier alpha value is -1.01. The Morgan fingerprint density at radius 2 is 1.88 bits per heavy atom. The maximum atomic E-state index is 12.3. The first-order chi connectivity index (χ1) is 11.3. The number of carbonyl (C=O) groups excluding carboxylic acids is 2. The van der Waals surface area contributed by atoms with Gasteiger partial charge in [-0.2, -0.15) is 0 Å². The van der Waals surface area contributed by atoms with Crippen LogP contribution < -0.4 is 16.4 Å². The van der Waals surface area contributed by atoms with Crippen LogP contribution in [-0.4, -0.2) is 49.1 Å². The standard InChI is InChI=1S/C18H36N4O2.ClH/c1-13(2)8-16(10-19)21-17(23)9-15-6-5-7-22(12-15)18(24)20-11-14(3)4;/h13-16H,5-12,19H2,1-4H3,(H,20,24)(H,21,23);1H. The monoisotopic (exact) mass is 376 g/mol. The highest BCUT2D eigenvalue weighted by molar-refractivity contribution is 5.85. The van der Waals surface area contributed by atoms with Crippen LogP contribution in [0, 0.1) is 17.8 Å². The molecule has 0 radical (unpaired) electrons. The van der Waals surface area contributed by atoms with Crippen molar-refractivity contribution in [2.24, 2.45) is 23.5 Å². The molecule has 1 heterocycles. The number of rotatable bonds is 8. The lowest BCUT2D eigenvalue weighted by Crippen LogP contribution is -2.47. The first-order valence-corrected chi connectivity index (χ1v) is 9.34. The Labute approximate surface area is 159 Å². The van der Waals surface area contributed by atoms with Gasteiger partial charge in [0, 0.05) is 38.6 Å². The first kappa shape index (κ1) is 24.0. The minimum absolute atomic E-state index is 0. The van der Waals surface area contributed by atoms with Crippen LogP contribution >= 0.6 is 12.4 Å². The maximum Gasteiger partial charge on any atom is 0.317 e. The number of halogens is 1. The van der Waals surface area contributed by atoms with E-state index in [9.17, 15) is 9.59 Å². The molecule has 1 aliphatic heterocycles. The number of piperidine rings is 1. The van der Waals surface area contributed by atoms with Crippen LogP contribution in [0.3, 0.4) is 0 Å². The smallest absolute Gasteiger partial charge is 0.317 e. The maximum absolute atomic E-state index is 12.3. The van der Waals surface area contributed by atoms with Crippen molar-refractivity contribution in [2.75, 3.05) is 26.2 Å². The summed E-state index contributed by atoms with van der Waals surface area (Å²) in [5, 5.41) is 6.00. The Morgan fingerprint density at radius 3 is 2.44 bits per heavy atom. The summed E-state index contributed by atoms with van der Waals surface area (Å²) in [5.74, 6) is 1.24. The van der Waals surface area contributed by atoms with Gasteiger partial charge in [-0.25, -0.2) is 4.79 Å². The highest BCUT2D eigenvalue weighted by Gasteiger charge is 2.26. The molecule has 2 atom stereocenters. The molecule has 6 nitrogen and oxygen atoms in total. The van der Waals surface area contributed by atoms with Crippen molar-refractivity contribution >= 4 is 24.3 Å². The number of nitrogens with zero attached hydrogens (tertiary/aromatic N) is 1. The van der Waals surface area contributed by atoms with Gasteiger partial charge in [-0.3, -0.25) is 4.79 Å². The van der Waals surface area contributed by atoms with Gasteiger partial charge < -0.3 is 21.3 Å². The van der Waals surface area contributed by atoms with Crippen LogP contribution in [0.4, 0.5) is 4.79 Å². The van der Waals surface area contributed by atoms with Gasteiger partial charge in [-0.05, 0) is 37.0 Å². The Bertz CT molecular complexity index is 405. The molecule has 1 rings (SSSR count). The summed E-state index contributed by atoms with van der Waals surface area (Å²) in [7, 11) is 0. The van der Waals surface area contributed by atoms with E-state index in [4.69, 9.17) is 5.73 Å². The zero-order valence-electron chi connectivity index (χ0n) is 16.2. The third-order valence-electron chi connectivity index (χ3n) is 4.35. The molecule has 0 aliphatic carbocycles. The van der Waals surface area contributed by atoms with Crippen molar-refractivity contribution < 1.29 is 9.59 Å². The number of nitrogens with one attached hydrogen (secondary N) is 2. The van der Waals surface area contributed by atoms with Crippen molar-refractivity contribution in [3.05, 3.63) is 0 Å². The number of hydrogen-bond donors (Lipinski definition) is 3. The second-order valence-electron chi connectivity index (χ2n) is 7.87. The SMILES string of the molecule is CC(C)CNC(=O)N1CCCC(CC(=O)NC(CN)CC(C)C)C1.Cl. The lowest BCUT2D eigenvalue weighted by Gasteiger charge is -2.33. The zero-order valence-corrected chi connectivity index (χ0v) is 17.0. The molecular formula is C18H37ClN4O2. The summed E-state index contributed by atoms with van der Waals surface area (Å²) in [6.07, 6.45) is 3.33. The molecule has 0 spiro atoms. The van der Waals surface area contributed by atoms with Gasteiger partial charge >= 0.3 is 6.03 Å². The van der Waals surface area contributed by atoms with Gasteiger partial charge in [-0.15, -0.1) is 12.4 Å². The van der Waals surface area contributed by atoms with Crippen LogP contribution in [0.15, 0.2) is 0 Å². The van der Waals surface area contributed by atoms with Crippen molar-refractivity contribution in [3.63, 3.8) is 0 Å². The molecule has 0 aromatic rings. The zero-order chi connectivity index (χ0) is 18.1. The predicted octanol–water partition coefficient (Wildman–Crippen LogP) is 2.37. The summed E-state index contributed by atoms with van der Waals surface area (Å²) in [6.45, 7) is 11.0. The van der Waals surface area contributed by atoms with E-state index in [-0.39, 0.29) is 36.3 Å². The fraction of sp³-hybridized carbons (Fsp3) is 0.889. The summed E-state index contributed by atoms with van der Waals surface area (Å²) < 4.78 is 0. The van der Waals surface area contributed by atoms with Gasteiger partial charge in [0.15, 0.2) is 0 Å². The van der Waals surface area contributed by atoms with E-state index >= 15 is 0 Å². The van der Waals surface area contributed by atoms with E-state index < -0.39 is 0 Å². The second kappa shape index (κ2) is 12.4. The Kier molecular flexibility index (Phi) is 11.9. The molecule has 1 saturated heterocycles. The van der Waals surface area contributed by atoms with Crippen LogP contribution in [0.2, 0.25) is 0 Å². The molecule has 0 bridgehead atoms. The minimum atomic E-state index is -0.00606. The molecule has 4 N–H and O–H groups in total. The molecule has 3 amide bonds. The normalized spacial score (nSPS) is 18.7. The van der Waals surface area contributed by atoms with Gasteiger partial charge in [0.25, 0.3) is 0 Å². The third-order valence-corrected chi connectivity index (χ3v) is 4.35. The van der Waals surface area contributed by atoms with E-state index in [2.05, 4.69) is 38.3 Å². The average Bonchev–Trinajstić information content (AvgIpc) is 2.51. The number of carbonyl (C=O) groups is 2. The molecule has 0 saturated carbocycles. The minimum Gasteiger partial charge on any atom is -0.352 e. The van der Waals surface area contributed by atoms with Crippen LogP contribution in [0.1, 0.15) is 53.4 Å². The van der Waals surface area contributed by atoms with Crippen LogP contribution in [0.5, 0.6) is 0 Å². The van der Waals surface area contributed by atoms with E-state index in [0.29, 0.717) is 37.9 Å². The molecule has 2 unspecified atom stereocenters. The highest BCUT2D eigenvalue weighted by atomic mass is 35.5. The van der Waals surface area contributed by atoms with E-state index in [1.165, 1.54) is 0 Å². The molecule has 0 aromatic heterocycles. The lowest BCUT2D eigenvalue weighted by molar-refractivity contribution is -0.123. The topological polar surface area (TPSA) is 87.5 Å². The quantitative estimate of drug-likeness (QED) is 0.607. The van der Waals surface area contributed by atoms with Crippen molar-refractivity contribution in [1.82, 2.24) is 15.5 Å². The molecule has 148 valence electrons. The fourth-order valence-electron chi connectivity index (χ4n) is 3.15. The molecular weight excluding hydrogens is 340 g/mol. The summed E-state index contributed by atoms with van der Waals surface area (Å²) in [5.41, 5.74) is 5.75. The lowest BCUT2D eigenvalue weighted by atomic mass is 9.94. The number of urea groups is 1. The number of hydrogen-bond acceptors (Lipinski definition) is 3. The summed E-state index contributed by atoms with van der Waals surface area (Å²) in [4.78, 5) is 26.3. The van der Waals surface area contributed by atoms with E-state index in [0.717, 1.165) is 25.8 Å². The van der Waals surface area contributed by atoms with Crippen molar-refractivity contribution in [2.45, 2.75) is 59.4 Å². The average molecular weight is 377 g/mol. The number of amides is 3. The molecule has 0 aromatic carbocycles. The molecule has 7 heteroatoms. The first-order valence-electron chi connectivity index (χ1n) is 9.34. The molecule has 25 heavy (non-hydrogen) atoms. The van der Waals surface area contributed by atoms with Gasteiger partial charge in [0.05, 0.1) is 0 Å². The van der Waals surface area contributed by atoms with E-state index in [1.54, 1.807) is 0 Å². The predicted molar refractivity (Wildman–Crippen MR) is 105 cm³/mol. The highest BCUT2D eigenvalue weighted by Crippen LogP contribution is 2.20. The Morgan fingerprint density at radius 1 is 1.20 bits per heavy atom. The summed E-state index contributed by atoms with van der Waals surface area (Å²) in [6, 6.07) is 0.0417. The van der Waals surface area contributed by atoms with Crippen molar-refractivity contribution in [3.8, 4) is 0 Å². The van der Waals surface area contributed by atoms with Crippen LogP contribution in [-0.2, 0) is 4.79 Å². The van der Waals surface area contributed by atoms with Gasteiger partial charge in [0.2, 0.25) is 5.91 Å². The van der Waals surface area contributed by atoms with Gasteiger partial charge in [0.1, 0.15) is 0 Å².